The Morgan fingerprint density at radius 3 is 2.79 bits per heavy atom. The van der Waals surface area contributed by atoms with E-state index in [1.807, 2.05) is 0 Å². The summed E-state index contributed by atoms with van der Waals surface area (Å²) in [5.74, 6) is -0.259. The number of carbonyl (C=O) groups is 1. The van der Waals surface area contributed by atoms with Crippen molar-refractivity contribution in [3.05, 3.63) is 18.6 Å². The topological polar surface area (TPSA) is 75.1 Å². The van der Waals surface area contributed by atoms with Gasteiger partial charge in [-0.2, -0.15) is 0 Å². The molecular weight excluding hydrogens is 182 g/mol. The molecule has 0 aliphatic rings. The molecule has 1 aromatic heterocycles. The van der Waals surface area contributed by atoms with Crippen LogP contribution in [0.4, 0.5) is 5.82 Å². The minimum Gasteiger partial charge on any atom is -0.481 e. The average molecular weight is 195 g/mol. The van der Waals surface area contributed by atoms with Gasteiger partial charge in [-0.1, -0.05) is 0 Å². The molecule has 5 nitrogen and oxygen atoms in total. The number of aromatic nitrogens is 2. The van der Waals surface area contributed by atoms with Gasteiger partial charge in [0.15, 0.2) is 0 Å². The summed E-state index contributed by atoms with van der Waals surface area (Å²) in [6.07, 6.45) is 4.71. The largest absolute Gasteiger partial charge is 0.481 e. The standard InChI is InChI=1S/C9H13N3O2/c1-9(2,5-8(13)14)12-7-6-10-3-4-11-7/h3-4,6H,5H2,1-2H3,(H,11,12)(H,13,14). The van der Waals surface area contributed by atoms with Crippen LogP contribution in [-0.2, 0) is 4.79 Å². The Bertz CT molecular complexity index is 311. The highest BCUT2D eigenvalue weighted by Gasteiger charge is 2.21. The highest BCUT2D eigenvalue weighted by molar-refractivity contribution is 5.69. The van der Waals surface area contributed by atoms with Crippen molar-refractivity contribution in [1.29, 1.82) is 0 Å². The summed E-state index contributed by atoms with van der Waals surface area (Å²) >= 11 is 0. The first kappa shape index (κ1) is 10.4. The predicted octanol–water partition coefficient (Wildman–Crippen LogP) is 1.14. The zero-order valence-electron chi connectivity index (χ0n) is 8.19. The Balaban J connectivity index is 2.63. The summed E-state index contributed by atoms with van der Waals surface area (Å²) < 4.78 is 0. The highest BCUT2D eigenvalue weighted by Crippen LogP contribution is 2.14. The van der Waals surface area contributed by atoms with E-state index in [1.54, 1.807) is 32.4 Å². The van der Waals surface area contributed by atoms with E-state index in [1.165, 1.54) is 0 Å². The van der Waals surface area contributed by atoms with Gasteiger partial charge in [0.1, 0.15) is 5.82 Å². The summed E-state index contributed by atoms with van der Waals surface area (Å²) in [6.45, 7) is 3.60. The van der Waals surface area contributed by atoms with E-state index in [0.717, 1.165) is 0 Å². The Kier molecular flexibility index (Phi) is 3.01. The van der Waals surface area contributed by atoms with Gasteiger partial charge < -0.3 is 10.4 Å². The molecule has 0 aliphatic heterocycles. The first-order valence-corrected chi connectivity index (χ1v) is 4.26. The van der Waals surface area contributed by atoms with Crippen LogP contribution < -0.4 is 5.32 Å². The number of hydrogen-bond donors (Lipinski definition) is 2. The van der Waals surface area contributed by atoms with Crippen LogP contribution in [0.5, 0.6) is 0 Å². The summed E-state index contributed by atoms with van der Waals surface area (Å²) in [5, 5.41) is 11.6. The molecule has 0 saturated carbocycles. The molecule has 0 saturated heterocycles. The van der Waals surface area contributed by atoms with Crippen LogP contribution in [0.3, 0.4) is 0 Å². The van der Waals surface area contributed by atoms with Crippen LogP contribution >= 0.6 is 0 Å². The van der Waals surface area contributed by atoms with Crippen molar-refractivity contribution >= 4 is 11.8 Å². The molecule has 14 heavy (non-hydrogen) atoms. The lowest BCUT2D eigenvalue weighted by molar-refractivity contribution is -0.137. The predicted molar refractivity (Wildman–Crippen MR) is 52.0 cm³/mol. The second-order valence-corrected chi connectivity index (χ2v) is 3.67. The third-order valence-corrected chi connectivity index (χ3v) is 1.62. The SMILES string of the molecule is CC(C)(CC(=O)O)Nc1cnccn1. The van der Waals surface area contributed by atoms with E-state index in [4.69, 9.17) is 5.11 Å². The summed E-state index contributed by atoms with van der Waals surface area (Å²) in [5.41, 5.74) is -0.526. The number of hydrogen-bond acceptors (Lipinski definition) is 4. The van der Waals surface area contributed by atoms with Crippen molar-refractivity contribution in [2.24, 2.45) is 0 Å². The second kappa shape index (κ2) is 4.04. The van der Waals surface area contributed by atoms with Crippen molar-refractivity contribution in [2.45, 2.75) is 25.8 Å². The summed E-state index contributed by atoms with van der Waals surface area (Å²) in [4.78, 5) is 18.4. The van der Waals surface area contributed by atoms with E-state index in [0.29, 0.717) is 5.82 Å². The fourth-order valence-electron chi connectivity index (χ4n) is 1.13. The zero-order chi connectivity index (χ0) is 10.6. The number of anilines is 1. The molecule has 0 amide bonds. The number of nitrogens with zero attached hydrogens (tertiary/aromatic N) is 2. The maximum absolute atomic E-state index is 10.5. The second-order valence-electron chi connectivity index (χ2n) is 3.67. The van der Waals surface area contributed by atoms with E-state index in [2.05, 4.69) is 15.3 Å². The quantitative estimate of drug-likeness (QED) is 0.753. The van der Waals surface area contributed by atoms with Crippen LogP contribution in [0.1, 0.15) is 20.3 Å². The van der Waals surface area contributed by atoms with Crippen LogP contribution in [0, 0.1) is 0 Å². The third kappa shape index (κ3) is 3.38. The van der Waals surface area contributed by atoms with E-state index in [9.17, 15) is 4.79 Å². The lowest BCUT2D eigenvalue weighted by Crippen LogP contribution is -2.34. The van der Waals surface area contributed by atoms with Gasteiger partial charge in [0.05, 0.1) is 12.6 Å². The van der Waals surface area contributed by atoms with Crippen LogP contribution in [0.15, 0.2) is 18.6 Å². The molecule has 5 heteroatoms. The summed E-state index contributed by atoms with van der Waals surface area (Å²) in [7, 11) is 0. The Morgan fingerprint density at radius 2 is 2.29 bits per heavy atom. The lowest BCUT2D eigenvalue weighted by atomic mass is 10.0. The van der Waals surface area contributed by atoms with E-state index >= 15 is 0 Å². The van der Waals surface area contributed by atoms with Gasteiger partial charge in [-0.15, -0.1) is 0 Å². The fourth-order valence-corrected chi connectivity index (χ4v) is 1.13. The molecule has 0 atom stereocenters. The van der Waals surface area contributed by atoms with Crippen LogP contribution in [0.2, 0.25) is 0 Å². The molecule has 1 aromatic rings. The number of carboxylic acid groups (broad SMARTS) is 1. The van der Waals surface area contributed by atoms with Gasteiger partial charge in [0, 0.05) is 17.9 Å². The molecule has 0 fully saturated rings. The van der Waals surface area contributed by atoms with Crippen molar-refractivity contribution < 1.29 is 9.90 Å². The molecule has 1 rings (SSSR count). The molecule has 0 aliphatic carbocycles. The number of carboxylic acids is 1. The minimum absolute atomic E-state index is 0.0313. The van der Waals surface area contributed by atoms with Crippen molar-refractivity contribution in [2.75, 3.05) is 5.32 Å². The molecule has 0 bridgehead atoms. The van der Waals surface area contributed by atoms with E-state index in [-0.39, 0.29) is 6.42 Å². The molecule has 0 aromatic carbocycles. The molecule has 76 valence electrons. The number of rotatable bonds is 4. The number of nitrogens with one attached hydrogen (secondary N) is 1. The van der Waals surface area contributed by atoms with Gasteiger partial charge in [0.25, 0.3) is 0 Å². The van der Waals surface area contributed by atoms with Crippen molar-refractivity contribution in [3.63, 3.8) is 0 Å². The molecule has 0 unspecified atom stereocenters. The van der Waals surface area contributed by atoms with Crippen LogP contribution in [-0.4, -0.2) is 26.6 Å². The maximum Gasteiger partial charge on any atom is 0.305 e. The maximum atomic E-state index is 10.5. The number of aliphatic carboxylic acids is 1. The van der Waals surface area contributed by atoms with Crippen molar-refractivity contribution in [3.8, 4) is 0 Å². The highest BCUT2D eigenvalue weighted by atomic mass is 16.4. The third-order valence-electron chi connectivity index (χ3n) is 1.62. The summed E-state index contributed by atoms with van der Waals surface area (Å²) in [6, 6.07) is 0. The average Bonchev–Trinajstić information content (AvgIpc) is 2.02. The Labute approximate surface area is 82.2 Å². The molecular formula is C9H13N3O2. The van der Waals surface area contributed by atoms with Gasteiger partial charge in [-0.25, -0.2) is 4.98 Å². The van der Waals surface area contributed by atoms with Gasteiger partial charge >= 0.3 is 5.97 Å². The molecule has 1 heterocycles. The zero-order valence-corrected chi connectivity index (χ0v) is 8.19. The van der Waals surface area contributed by atoms with Crippen molar-refractivity contribution in [1.82, 2.24) is 9.97 Å². The first-order chi connectivity index (χ1) is 6.49. The Morgan fingerprint density at radius 1 is 1.57 bits per heavy atom. The minimum atomic E-state index is -0.841. The Hall–Kier alpha value is -1.65. The fraction of sp³-hybridized carbons (Fsp3) is 0.444. The van der Waals surface area contributed by atoms with Crippen LogP contribution in [0.25, 0.3) is 0 Å². The molecule has 2 N–H and O–H groups in total. The first-order valence-electron chi connectivity index (χ1n) is 4.26. The monoisotopic (exact) mass is 195 g/mol. The molecule has 0 radical (unpaired) electrons. The lowest BCUT2D eigenvalue weighted by Gasteiger charge is -2.24. The van der Waals surface area contributed by atoms with Gasteiger partial charge in [0.2, 0.25) is 0 Å². The van der Waals surface area contributed by atoms with Gasteiger partial charge in [-0.3, -0.25) is 9.78 Å². The van der Waals surface area contributed by atoms with E-state index < -0.39 is 11.5 Å². The van der Waals surface area contributed by atoms with Gasteiger partial charge in [-0.05, 0) is 13.8 Å². The normalized spacial score (nSPS) is 11.0. The molecule has 0 spiro atoms. The smallest absolute Gasteiger partial charge is 0.305 e.